The van der Waals surface area contributed by atoms with Crippen LogP contribution < -0.4 is 11.5 Å². The molecule has 1 amide bonds. The monoisotopic (exact) mass is 226 g/mol. The van der Waals surface area contributed by atoms with Crippen molar-refractivity contribution in [3.63, 3.8) is 0 Å². The van der Waals surface area contributed by atoms with Gasteiger partial charge in [-0.05, 0) is 24.8 Å². The first-order valence-electron chi connectivity index (χ1n) is 5.27. The number of aromatic nitrogens is 2. The smallest absolute Gasteiger partial charge is 0.290 e. The molecule has 0 radical (unpaired) electrons. The van der Waals surface area contributed by atoms with Gasteiger partial charge in [-0.1, -0.05) is 19.0 Å². The van der Waals surface area contributed by atoms with Crippen molar-refractivity contribution in [1.82, 2.24) is 10.1 Å². The predicted molar refractivity (Wildman–Crippen MR) is 58.6 cm³/mol. The summed E-state index contributed by atoms with van der Waals surface area (Å²) in [4.78, 5) is 14.6. The van der Waals surface area contributed by atoms with Gasteiger partial charge >= 0.3 is 0 Å². The molecule has 1 aromatic rings. The van der Waals surface area contributed by atoms with E-state index in [1.165, 1.54) is 0 Å². The molecule has 1 aromatic heterocycles. The lowest BCUT2D eigenvalue weighted by atomic mass is 9.84. The van der Waals surface area contributed by atoms with Crippen LogP contribution >= 0.6 is 0 Å². The zero-order valence-corrected chi connectivity index (χ0v) is 9.69. The minimum atomic E-state index is -0.670. The van der Waals surface area contributed by atoms with Gasteiger partial charge < -0.3 is 16.0 Å². The van der Waals surface area contributed by atoms with Gasteiger partial charge in [0, 0.05) is 6.42 Å². The largest absolute Gasteiger partial charge is 0.363 e. The molecular weight excluding hydrogens is 208 g/mol. The molecule has 0 aromatic carbocycles. The zero-order chi connectivity index (χ0) is 12.2. The quantitative estimate of drug-likeness (QED) is 0.733. The third kappa shape index (κ3) is 3.62. The fourth-order valence-corrected chi connectivity index (χ4v) is 1.42. The number of carbonyl (C=O) groups excluding carboxylic acids is 1. The summed E-state index contributed by atoms with van der Waals surface area (Å²) in [6, 6.07) is 0. The van der Waals surface area contributed by atoms with Crippen molar-refractivity contribution < 1.29 is 9.32 Å². The van der Waals surface area contributed by atoms with Crippen LogP contribution in [-0.4, -0.2) is 22.6 Å². The second-order valence-electron chi connectivity index (χ2n) is 4.58. The van der Waals surface area contributed by atoms with Gasteiger partial charge in [0.25, 0.3) is 11.7 Å². The molecule has 0 saturated heterocycles. The first-order chi connectivity index (χ1) is 7.44. The van der Waals surface area contributed by atoms with Crippen LogP contribution in [0.3, 0.4) is 0 Å². The second-order valence-corrected chi connectivity index (χ2v) is 4.58. The summed E-state index contributed by atoms with van der Waals surface area (Å²) in [6.45, 7) is 4.92. The number of hydrogen-bond acceptors (Lipinski definition) is 5. The van der Waals surface area contributed by atoms with E-state index in [4.69, 9.17) is 16.0 Å². The van der Waals surface area contributed by atoms with Crippen LogP contribution in [0.25, 0.3) is 0 Å². The Hall–Kier alpha value is -1.43. The highest BCUT2D eigenvalue weighted by Crippen LogP contribution is 2.25. The molecule has 0 fully saturated rings. The van der Waals surface area contributed by atoms with Crippen molar-refractivity contribution in [3.8, 4) is 0 Å². The summed E-state index contributed by atoms with van der Waals surface area (Å²) in [5.74, 6) is -0.290. The summed E-state index contributed by atoms with van der Waals surface area (Å²) in [5.41, 5.74) is 10.7. The Morgan fingerprint density at radius 2 is 2.12 bits per heavy atom. The average Bonchev–Trinajstić information content (AvgIpc) is 2.63. The van der Waals surface area contributed by atoms with Crippen molar-refractivity contribution in [2.75, 3.05) is 6.54 Å². The first-order valence-corrected chi connectivity index (χ1v) is 5.27. The molecule has 16 heavy (non-hydrogen) atoms. The number of hydrogen-bond donors (Lipinski definition) is 2. The van der Waals surface area contributed by atoms with Gasteiger partial charge in [-0.2, -0.15) is 4.98 Å². The number of nitrogens with zero attached hydrogens (tertiary/aromatic N) is 2. The minimum Gasteiger partial charge on any atom is -0.363 e. The normalized spacial score (nSPS) is 11.7. The highest BCUT2D eigenvalue weighted by Gasteiger charge is 2.19. The molecule has 6 nitrogen and oxygen atoms in total. The molecule has 0 spiro atoms. The summed E-state index contributed by atoms with van der Waals surface area (Å²) in [7, 11) is 0. The molecule has 0 saturated carbocycles. The van der Waals surface area contributed by atoms with E-state index in [0.29, 0.717) is 18.9 Å². The highest BCUT2D eigenvalue weighted by atomic mass is 16.5. The fourth-order valence-electron chi connectivity index (χ4n) is 1.42. The van der Waals surface area contributed by atoms with Crippen molar-refractivity contribution in [3.05, 3.63) is 11.7 Å². The standard InChI is InChI=1S/C10H18N4O2/c1-10(2,5-6-11)4-3-7-13-9(8(12)15)14-16-7/h3-6,11H2,1-2H3,(H2,12,15). The van der Waals surface area contributed by atoms with Crippen molar-refractivity contribution in [2.45, 2.75) is 33.1 Å². The lowest BCUT2D eigenvalue weighted by molar-refractivity contribution is 0.0987. The van der Waals surface area contributed by atoms with Crippen LogP contribution in [0.1, 0.15) is 43.2 Å². The van der Waals surface area contributed by atoms with E-state index < -0.39 is 5.91 Å². The van der Waals surface area contributed by atoms with Gasteiger partial charge in [0.15, 0.2) is 0 Å². The van der Waals surface area contributed by atoms with Gasteiger partial charge in [-0.15, -0.1) is 0 Å². The number of carbonyl (C=O) groups is 1. The van der Waals surface area contributed by atoms with Crippen molar-refractivity contribution in [2.24, 2.45) is 16.9 Å². The van der Waals surface area contributed by atoms with Crippen molar-refractivity contribution >= 4 is 5.91 Å². The molecule has 1 rings (SSSR count). The molecule has 0 aliphatic rings. The number of nitrogens with two attached hydrogens (primary N) is 2. The van der Waals surface area contributed by atoms with Crippen LogP contribution in [0.15, 0.2) is 4.52 Å². The third-order valence-corrected chi connectivity index (χ3v) is 2.53. The maximum Gasteiger partial charge on any atom is 0.290 e. The number of rotatable bonds is 6. The Bertz CT molecular complexity index is 359. The molecule has 1 heterocycles. The Morgan fingerprint density at radius 3 is 2.62 bits per heavy atom. The topological polar surface area (TPSA) is 108 Å². The van der Waals surface area contributed by atoms with E-state index in [-0.39, 0.29) is 11.2 Å². The van der Waals surface area contributed by atoms with E-state index in [1.807, 2.05) is 0 Å². The lowest BCUT2D eigenvalue weighted by Crippen LogP contribution is -2.18. The molecule has 0 aliphatic carbocycles. The lowest BCUT2D eigenvalue weighted by Gasteiger charge is -2.22. The van der Waals surface area contributed by atoms with Crippen LogP contribution in [0, 0.1) is 5.41 Å². The van der Waals surface area contributed by atoms with Crippen LogP contribution in [0.5, 0.6) is 0 Å². The molecule has 0 bridgehead atoms. The molecule has 6 heteroatoms. The summed E-state index contributed by atoms with van der Waals surface area (Å²) in [6.07, 6.45) is 2.45. The first kappa shape index (κ1) is 12.6. The Kier molecular flexibility index (Phi) is 4.00. The number of aryl methyl sites for hydroxylation is 1. The molecular formula is C10H18N4O2. The Morgan fingerprint density at radius 1 is 1.44 bits per heavy atom. The van der Waals surface area contributed by atoms with Gasteiger partial charge in [-0.25, -0.2) is 0 Å². The molecule has 0 atom stereocenters. The maximum atomic E-state index is 10.7. The van der Waals surface area contributed by atoms with Crippen LogP contribution in [0.4, 0.5) is 0 Å². The third-order valence-electron chi connectivity index (χ3n) is 2.53. The van der Waals surface area contributed by atoms with Crippen LogP contribution in [-0.2, 0) is 6.42 Å². The molecule has 0 unspecified atom stereocenters. The van der Waals surface area contributed by atoms with Crippen molar-refractivity contribution in [1.29, 1.82) is 0 Å². The summed E-state index contributed by atoms with van der Waals surface area (Å²) < 4.78 is 4.91. The summed E-state index contributed by atoms with van der Waals surface area (Å²) in [5, 5.41) is 3.48. The Labute approximate surface area is 94.4 Å². The Balaban J connectivity index is 2.51. The van der Waals surface area contributed by atoms with Gasteiger partial charge in [-0.3, -0.25) is 4.79 Å². The fraction of sp³-hybridized carbons (Fsp3) is 0.700. The van der Waals surface area contributed by atoms with Gasteiger partial charge in [0.1, 0.15) is 0 Å². The minimum absolute atomic E-state index is 0.0633. The average molecular weight is 226 g/mol. The van der Waals surface area contributed by atoms with E-state index in [2.05, 4.69) is 24.0 Å². The predicted octanol–water partition coefficient (Wildman–Crippen LogP) is 0.476. The highest BCUT2D eigenvalue weighted by molar-refractivity contribution is 5.88. The second kappa shape index (κ2) is 5.07. The van der Waals surface area contributed by atoms with E-state index in [0.717, 1.165) is 12.8 Å². The van der Waals surface area contributed by atoms with Gasteiger partial charge in [0.2, 0.25) is 5.89 Å². The summed E-state index contributed by atoms with van der Waals surface area (Å²) >= 11 is 0. The molecule has 90 valence electrons. The van der Waals surface area contributed by atoms with E-state index >= 15 is 0 Å². The van der Waals surface area contributed by atoms with Crippen LogP contribution in [0.2, 0.25) is 0 Å². The van der Waals surface area contributed by atoms with E-state index in [9.17, 15) is 4.79 Å². The maximum absolute atomic E-state index is 10.7. The molecule has 0 aliphatic heterocycles. The van der Waals surface area contributed by atoms with E-state index in [1.54, 1.807) is 0 Å². The number of amides is 1. The van der Waals surface area contributed by atoms with Gasteiger partial charge in [0.05, 0.1) is 0 Å². The zero-order valence-electron chi connectivity index (χ0n) is 9.69. The number of primary amides is 1. The SMILES string of the molecule is CC(C)(CCN)CCc1nc(C(N)=O)no1. The molecule has 4 N–H and O–H groups in total.